The SMILES string of the molecule is C=C[C@](C)(N)c1ccc(O)c(F)c1. The van der Waals surface area contributed by atoms with Gasteiger partial charge in [0, 0.05) is 0 Å². The summed E-state index contributed by atoms with van der Waals surface area (Å²) >= 11 is 0. The molecule has 0 aliphatic rings. The highest BCUT2D eigenvalue weighted by Crippen LogP contribution is 2.23. The minimum absolute atomic E-state index is 0.372. The maximum atomic E-state index is 12.9. The van der Waals surface area contributed by atoms with Crippen molar-refractivity contribution in [2.75, 3.05) is 0 Å². The van der Waals surface area contributed by atoms with Gasteiger partial charge < -0.3 is 10.8 Å². The molecule has 0 spiro atoms. The van der Waals surface area contributed by atoms with E-state index in [-0.39, 0.29) is 5.75 Å². The van der Waals surface area contributed by atoms with Gasteiger partial charge in [-0.25, -0.2) is 4.39 Å². The highest BCUT2D eigenvalue weighted by molar-refractivity contribution is 5.34. The van der Waals surface area contributed by atoms with Crippen LogP contribution in [-0.2, 0) is 5.54 Å². The van der Waals surface area contributed by atoms with Crippen molar-refractivity contribution >= 4 is 0 Å². The molecule has 0 saturated carbocycles. The molecule has 0 aliphatic carbocycles. The largest absolute Gasteiger partial charge is 0.505 e. The van der Waals surface area contributed by atoms with Crippen LogP contribution >= 0.6 is 0 Å². The Bertz CT molecular complexity index is 334. The standard InChI is InChI=1S/C10H12FNO/c1-3-10(2,12)7-4-5-9(13)8(11)6-7/h3-6,13H,1,12H2,2H3/t10-/m0/s1. The first-order chi connectivity index (χ1) is 5.97. The normalized spacial score (nSPS) is 15.0. The van der Waals surface area contributed by atoms with Crippen molar-refractivity contribution in [1.29, 1.82) is 0 Å². The molecule has 0 amide bonds. The lowest BCUT2D eigenvalue weighted by Crippen LogP contribution is -2.30. The van der Waals surface area contributed by atoms with Gasteiger partial charge in [-0.3, -0.25) is 0 Å². The summed E-state index contributed by atoms with van der Waals surface area (Å²) in [4.78, 5) is 0. The van der Waals surface area contributed by atoms with Crippen molar-refractivity contribution in [3.05, 3.63) is 42.2 Å². The summed E-state index contributed by atoms with van der Waals surface area (Å²) in [5, 5.41) is 8.94. The first kappa shape index (κ1) is 9.74. The molecular formula is C10H12FNO. The third-order valence-corrected chi connectivity index (χ3v) is 1.99. The number of benzene rings is 1. The maximum Gasteiger partial charge on any atom is 0.165 e. The Morgan fingerprint density at radius 1 is 1.62 bits per heavy atom. The number of nitrogens with two attached hydrogens (primary N) is 1. The van der Waals surface area contributed by atoms with Crippen LogP contribution in [0.25, 0.3) is 0 Å². The minimum Gasteiger partial charge on any atom is -0.505 e. The number of aromatic hydroxyl groups is 1. The Labute approximate surface area is 76.5 Å². The van der Waals surface area contributed by atoms with Crippen molar-refractivity contribution in [1.82, 2.24) is 0 Å². The number of phenolic OH excluding ortho intramolecular Hbond substituents is 1. The predicted molar refractivity (Wildman–Crippen MR) is 49.8 cm³/mol. The molecule has 1 aromatic carbocycles. The van der Waals surface area contributed by atoms with Gasteiger partial charge in [0.15, 0.2) is 11.6 Å². The number of hydrogen-bond donors (Lipinski definition) is 2. The molecule has 0 radical (unpaired) electrons. The average Bonchev–Trinajstić information content (AvgIpc) is 2.09. The van der Waals surface area contributed by atoms with E-state index in [0.29, 0.717) is 5.56 Å². The highest BCUT2D eigenvalue weighted by atomic mass is 19.1. The van der Waals surface area contributed by atoms with Gasteiger partial charge in [0.1, 0.15) is 0 Å². The number of rotatable bonds is 2. The summed E-state index contributed by atoms with van der Waals surface area (Å²) in [6, 6.07) is 4.05. The molecular weight excluding hydrogens is 169 g/mol. The van der Waals surface area contributed by atoms with Crippen LogP contribution in [0.5, 0.6) is 5.75 Å². The molecule has 2 nitrogen and oxygen atoms in total. The maximum absolute atomic E-state index is 12.9. The van der Waals surface area contributed by atoms with E-state index >= 15 is 0 Å². The quantitative estimate of drug-likeness (QED) is 0.684. The van der Waals surface area contributed by atoms with Gasteiger partial charge in [-0.2, -0.15) is 0 Å². The zero-order valence-corrected chi connectivity index (χ0v) is 7.42. The van der Waals surface area contributed by atoms with E-state index in [1.165, 1.54) is 18.2 Å². The van der Waals surface area contributed by atoms with Crippen LogP contribution in [0.4, 0.5) is 4.39 Å². The first-order valence-corrected chi connectivity index (χ1v) is 3.89. The van der Waals surface area contributed by atoms with Gasteiger partial charge in [0.2, 0.25) is 0 Å². The lowest BCUT2D eigenvalue weighted by atomic mass is 9.93. The fraction of sp³-hybridized carbons (Fsp3) is 0.200. The Morgan fingerprint density at radius 3 is 2.69 bits per heavy atom. The van der Waals surface area contributed by atoms with Gasteiger partial charge in [-0.05, 0) is 24.6 Å². The Hall–Kier alpha value is -1.35. The van der Waals surface area contributed by atoms with Gasteiger partial charge in [0.05, 0.1) is 5.54 Å². The second-order valence-corrected chi connectivity index (χ2v) is 3.15. The summed E-state index contributed by atoms with van der Waals surface area (Å²) in [5.74, 6) is -1.04. The molecule has 1 atom stereocenters. The highest BCUT2D eigenvalue weighted by Gasteiger charge is 2.17. The van der Waals surface area contributed by atoms with Gasteiger partial charge in [-0.15, -0.1) is 6.58 Å². The molecule has 3 heteroatoms. The zero-order valence-electron chi connectivity index (χ0n) is 7.42. The number of hydrogen-bond acceptors (Lipinski definition) is 2. The summed E-state index contributed by atoms with van der Waals surface area (Å²) in [6.45, 7) is 5.26. The summed E-state index contributed by atoms with van der Waals surface area (Å²) < 4.78 is 12.9. The average molecular weight is 181 g/mol. The van der Waals surface area contributed by atoms with E-state index < -0.39 is 11.4 Å². The van der Waals surface area contributed by atoms with Crippen LogP contribution in [0, 0.1) is 5.82 Å². The molecule has 3 N–H and O–H groups in total. The summed E-state index contributed by atoms with van der Waals surface area (Å²) in [5.41, 5.74) is 5.60. The van der Waals surface area contributed by atoms with Crippen molar-refractivity contribution in [2.45, 2.75) is 12.5 Å². The van der Waals surface area contributed by atoms with E-state index in [4.69, 9.17) is 10.8 Å². The molecule has 0 fully saturated rings. The second kappa shape index (κ2) is 3.18. The van der Waals surface area contributed by atoms with E-state index in [2.05, 4.69) is 6.58 Å². The van der Waals surface area contributed by atoms with E-state index in [1.54, 1.807) is 13.0 Å². The number of phenols is 1. The lowest BCUT2D eigenvalue weighted by molar-refractivity contribution is 0.430. The molecule has 13 heavy (non-hydrogen) atoms. The summed E-state index contributed by atoms with van der Waals surface area (Å²) in [6.07, 6.45) is 1.53. The van der Waals surface area contributed by atoms with E-state index in [0.717, 1.165) is 0 Å². The molecule has 0 heterocycles. The molecule has 1 aromatic rings. The third-order valence-electron chi connectivity index (χ3n) is 1.99. The monoisotopic (exact) mass is 181 g/mol. The zero-order chi connectivity index (χ0) is 10.1. The molecule has 70 valence electrons. The van der Waals surface area contributed by atoms with Crippen molar-refractivity contribution in [3.8, 4) is 5.75 Å². The smallest absolute Gasteiger partial charge is 0.165 e. The fourth-order valence-electron chi connectivity index (χ4n) is 0.960. The van der Waals surface area contributed by atoms with Crippen LogP contribution in [0.3, 0.4) is 0 Å². The topological polar surface area (TPSA) is 46.2 Å². The summed E-state index contributed by atoms with van der Waals surface area (Å²) in [7, 11) is 0. The number of halogens is 1. The molecule has 0 aromatic heterocycles. The molecule has 0 aliphatic heterocycles. The first-order valence-electron chi connectivity index (χ1n) is 3.89. The van der Waals surface area contributed by atoms with Gasteiger partial charge >= 0.3 is 0 Å². The molecule has 0 bridgehead atoms. The Kier molecular flexibility index (Phi) is 2.38. The van der Waals surface area contributed by atoms with Gasteiger partial charge in [0.25, 0.3) is 0 Å². The van der Waals surface area contributed by atoms with Crippen molar-refractivity contribution < 1.29 is 9.50 Å². The second-order valence-electron chi connectivity index (χ2n) is 3.15. The third kappa shape index (κ3) is 1.87. The van der Waals surface area contributed by atoms with Crippen LogP contribution in [-0.4, -0.2) is 5.11 Å². The van der Waals surface area contributed by atoms with Crippen LogP contribution in [0.15, 0.2) is 30.9 Å². The van der Waals surface area contributed by atoms with Crippen LogP contribution in [0.2, 0.25) is 0 Å². The van der Waals surface area contributed by atoms with Crippen molar-refractivity contribution in [3.63, 3.8) is 0 Å². The fourth-order valence-corrected chi connectivity index (χ4v) is 0.960. The molecule has 1 rings (SSSR count). The Balaban J connectivity index is 3.18. The van der Waals surface area contributed by atoms with E-state index in [9.17, 15) is 4.39 Å². The van der Waals surface area contributed by atoms with Crippen molar-refractivity contribution in [2.24, 2.45) is 5.73 Å². The Morgan fingerprint density at radius 2 is 2.23 bits per heavy atom. The molecule has 0 unspecified atom stereocenters. The van der Waals surface area contributed by atoms with Crippen LogP contribution in [0.1, 0.15) is 12.5 Å². The minimum atomic E-state index is -0.769. The molecule has 0 saturated heterocycles. The predicted octanol–water partition coefficient (Wildman–Crippen LogP) is 1.89. The van der Waals surface area contributed by atoms with Gasteiger partial charge in [-0.1, -0.05) is 12.1 Å². The van der Waals surface area contributed by atoms with Crippen LogP contribution < -0.4 is 5.73 Å². The van der Waals surface area contributed by atoms with E-state index in [1.807, 2.05) is 0 Å². The lowest BCUT2D eigenvalue weighted by Gasteiger charge is -2.20.